The normalized spacial score (nSPS) is 12.7. The number of aryl methyl sites for hydroxylation is 1. The van der Waals surface area contributed by atoms with Gasteiger partial charge < -0.3 is 5.11 Å². The third-order valence-electron chi connectivity index (χ3n) is 2.80. The number of rotatable bonds is 4. The smallest absolute Gasteiger partial charge is 0.123 e. The van der Waals surface area contributed by atoms with E-state index in [0.717, 1.165) is 27.6 Å². The van der Waals surface area contributed by atoms with E-state index < -0.39 is 6.10 Å². The van der Waals surface area contributed by atoms with Crippen LogP contribution in [0.2, 0.25) is 5.02 Å². The van der Waals surface area contributed by atoms with Crippen molar-refractivity contribution in [2.45, 2.75) is 26.0 Å². The summed E-state index contributed by atoms with van der Waals surface area (Å²) in [5.74, 6) is 0. The van der Waals surface area contributed by atoms with Gasteiger partial charge in [0.25, 0.3) is 0 Å². The Morgan fingerprint density at radius 2 is 2.11 bits per heavy atom. The molecule has 0 amide bonds. The second kappa shape index (κ2) is 6.39. The SMILES string of the molecule is CCCn1ncc(Br)c1C(O)c1cccc(Br)c1Cl. The molecule has 0 fully saturated rings. The van der Waals surface area contributed by atoms with Crippen LogP contribution in [-0.4, -0.2) is 14.9 Å². The monoisotopic (exact) mass is 406 g/mol. The van der Waals surface area contributed by atoms with Gasteiger partial charge in [0.2, 0.25) is 0 Å². The average molecular weight is 409 g/mol. The summed E-state index contributed by atoms with van der Waals surface area (Å²) in [5, 5.41) is 15.4. The van der Waals surface area contributed by atoms with Crippen molar-refractivity contribution < 1.29 is 5.11 Å². The minimum Gasteiger partial charge on any atom is -0.382 e. The van der Waals surface area contributed by atoms with Gasteiger partial charge in [-0.1, -0.05) is 30.7 Å². The number of aliphatic hydroxyl groups excluding tert-OH is 1. The van der Waals surface area contributed by atoms with E-state index in [1.165, 1.54) is 0 Å². The Morgan fingerprint density at radius 1 is 1.37 bits per heavy atom. The number of hydrogen-bond acceptors (Lipinski definition) is 2. The van der Waals surface area contributed by atoms with Gasteiger partial charge in [-0.25, -0.2) is 0 Å². The summed E-state index contributed by atoms with van der Waals surface area (Å²) in [4.78, 5) is 0. The first-order valence-electron chi connectivity index (χ1n) is 5.89. The molecule has 1 aromatic heterocycles. The highest BCUT2D eigenvalue weighted by Crippen LogP contribution is 2.35. The molecular weight excluding hydrogens is 395 g/mol. The van der Waals surface area contributed by atoms with Crippen molar-refractivity contribution in [2.75, 3.05) is 0 Å². The van der Waals surface area contributed by atoms with E-state index in [9.17, 15) is 5.11 Å². The first-order valence-corrected chi connectivity index (χ1v) is 7.85. The molecule has 1 heterocycles. The molecule has 0 radical (unpaired) electrons. The molecule has 1 unspecified atom stereocenters. The van der Waals surface area contributed by atoms with Crippen LogP contribution in [0.15, 0.2) is 33.3 Å². The highest BCUT2D eigenvalue weighted by Gasteiger charge is 2.22. The first kappa shape index (κ1) is 15.0. The van der Waals surface area contributed by atoms with Gasteiger partial charge >= 0.3 is 0 Å². The summed E-state index contributed by atoms with van der Waals surface area (Å²) in [5.41, 5.74) is 1.39. The maximum atomic E-state index is 10.6. The van der Waals surface area contributed by atoms with E-state index in [4.69, 9.17) is 11.6 Å². The van der Waals surface area contributed by atoms with Gasteiger partial charge in [0.1, 0.15) is 6.10 Å². The number of aliphatic hydroxyl groups is 1. The molecule has 0 bridgehead atoms. The lowest BCUT2D eigenvalue weighted by Crippen LogP contribution is -2.11. The van der Waals surface area contributed by atoms with Crippen molar-refractivity contribution in [3.63, 3.8) is 0 Å². The van der Waals surface area contributed by atoms with Crippen molar-refractivity contribution in [3.8, 4) is 0 Å². The molecule has 3 nitrogen and oxygen atoms in total. The van der Waals surface area contributed by atoms with Crippen LogP contribution < -0.4 is 0 Å². The fourth-order valence-corrected chi connectivity index (χ4v) is 3.04. The number of halogens is 3. The van der Waals surface area contributed by atoms with Crippen molar-refractivity contribution in [2.24, 2.45) is 0 Å². The minimum atomic E-state index is -0.812. The Kier molecular flexibility index (Phi) is 5.06. The average Bonchev–Trinajstić information content (AvgIpc) is 2.74. The molecule has 0 aliphatic rings. The summed E-state index contributed by atoms with van der Waals surface area (Å²) in [6, 6.07) is 5.51. The topological polar surface area (TPSA) is 38.0 Å². The van der Waals surface area contributed by atoms with Crippen LogP contribution in [0.25, 0.3) is 0 Å². The lowest BCUT2D eigenvalue weighted by Gasteiger charge is -2.16. The van der Waals surface area contributed by atoms with Crippen LogP contribution in [0.3, 0.4) is 0 Å². The van der Waals surface area contributed by atoms with Gasteiger partial charge in [0, 0.05) is 16.6 Å². The zero-order valence-corrected chi connectivity index (χ0v) is 14.2. The fourth-order valence-electron chi connectivity index (χ4n) is 1.91. The van der Waals surface area contributed by atoms with Gasteiger partial charge in [0.05, 0.1) is 21.4 Å². The van der Waals surface area contributed by atoms with E-state index >= 15 is 0 Å². The van der Waals surface area contributed by atoms with Crippen LogP contribution in [0.1, 0.15) is 30.7 Å². The molecule has 1 N–H and O–H groups in total. The maximum absolute atomic E-state index is 10.6. The van der Waals surface area contributed by atoms with Crippen molar-refractivity contribution >= 4 is 43.5 Å². The van der Waals surface area contributed by atoms with Crippen molar-refractivity contribution in [3.05, 3.63) is 49.6 Å². The Hall–Kier alpha value is -0.360. The molecule has 2 rings (SSSR count). The van der Waals surface area contributed by atoms with E-state index in [1.807, 2.05) is 18.2 Å². The molecule has 0 aliphatic heterocycles. The number of nitrogens with zero attached hydrogens (tertiary/aromatic N) is 2. The van der Waals surface area contributed by atoms with E-state index in [-0.39, 0.29) is 0 Å². The number of benzene rings is 1. The Bertz CT molecular complexity index is 586. The van der Waals surface area contributed by atoms with Crippen molar-refractivity contribution in [1.82, 2.24) is 9.78 Å². The van der Waals surface area contributed by atoms with Crippen LogP contribution in [0.4, 0.5) is 0 Å². The standard InChI is InChI=1S/C13H13Br2ClN2O/c1-2-6-18-12(10(15)7-17-18)13(19)8-4-3-5-9(14)11(8)16/h3-5,7,13,19H,2,6H2,1H3. The predicted octanol–water partition coefficient (Wildman–Crippen LogP) is 4.55. The molecule has 6 heteroatoms. The number of hydrogen-bond donors (Lipinski definition) is 1. The van der Waals surface area contributed by atoms with E-state index in [2.05, 4.69) is 43.9 Å². The molecule has 19 heavy (non-hydrogen) atoms. The van der Waals surface area contributed by atoms with E-state index in [0.29, 0.717) is 10.6 Å². The molecular formula is C13H13Br2ClN2O. The molecule has 0 spiro atoms. The molecule has 1 atom stereocenters. The largest absolute Gasteiger partial charge is 0.382 e. The van der Waals surface area contributed by atoms with Gasteiger partial charge in [0.15, 0.2) is 0 Å². The van der Waals surface area contributed by atoms with Gasteiger partial charge in [-0.15, -0.1) is 0 Å². The fraction of sp³-hybridized carbons (Fsp3) is 0.308. The maximum Gasteiger partial charge on any atom is 0.123 e. The summed E-state index contributed by atoms with van der Waals surface area (Å²) >= 11 is 13.0. The minimum absolute atomic E-state index is 0.520. The third kappa shape index (κ3) is 3.05. The second-order valence-electron chi connectivity index (χ2n) is 4.15. The molecule has 0 saturated heterocycles. The van der Waals surface area contributed by atoms with E-state index in [1.54, 1.807) is 10.9 Å². The molecule has 2 aromatic rings. The lowest BCUT2D eigenvalue weighted by atomic mass is 10.1. The van der Waals surface area contributed by atoms with Gasteiger partial charge in [-0.05, 0) is 44.3 Å². The quantitative estimate of drug-likeness (QED) is 0.806. The second-order valence-corrected chi connectivity index (χ2v) is 6.23. The van der Waals surface area contributed by atoms with Gasteiger partial charge in [-0.3, -0.25) is 4.68 Å². The van der Waals surface area contributed by atoms with Crippen LogP contribution in [-0.2, 0) is 6.54 Å². The van der Waals surface area contributed by atoms with Crippen LogP contribution in [0, 0.1) is 0 Å². The Morgan fingerprint density at radius 3 is 2.79 bits per heavy atom. The van der Waals surface area contributed by atoms with Crippen molar-refractivity contribution in [1.29, 1.82) is 0 Å². The summed E-state index contributed by atoms with van der Waals surface area (Å²) in [6.07, 6.45) is 1.83. The zero-order chi connectivity index (χ0) is 14.0. The number of aromatic nitrogens is 2. The lowest BCUT2D eigenvalue weighted by molar-refractivity contribution is 0.206. The van der Waals surface area contributed by atoms with Crippen LogP contribution in [0.5, 0.6) is 0 Å². The predicted molar refractivity (Wildman–Crippen MR) is 83.4 cm³/mol. The molecule has 102 valence electrons. The molecule has 1 aromatic carbocycles. The van der Waals surface area contributed by atoms with Gasteiger partial charge in [-0.2, -0.15) is 5.10 Å². The van der Waals surface area contributed by atoms with Crippen LogP contribution >= 0.6 is 43.5 Å². The Labute approximate surface area is 133 Å². The summed E-state index contributed by atoms with van der Waals surface area (Å²) in [7, 11) is 0. The molecule has 0 saturated carbocycles. The molecule has 0 aliphatic carbocycles. The summed E-state index contributed by atoms with van der Waals surface area (Å²) in [6.45, 7) is 2.82. The Balaban J connectivity index is 2.46. The zero-order valence-electron chi connectivity index (χ0n) is 10.3. The highest BCUT2D eigenvalue weighted by atomic mass is 79.9. The third-order valence-corrected chi connectivity index (χ3v) is 4.73. The first-order chi connectivity index (χ1) is 9.06. The highest BCUT2D eigenvalue weighted by molar-refractivity contribution is 9.10. The summed E-state index contributed by atoms with van der Waals surface area (Å²) < 4.78 is 3.35.